The van der Waals surface area contributed by atoms with Crippen LogP contribution in [0.5, 0.6) is 0 Å². The minimum absolute atomic E-state index is 0.00163. The molecule has 1 aliphatic carbocycles. The van der Waals surface area contributed by atoms with Gasteiger partial charge in [-0.1, -0.05) is 84.4 Å². The van der Waals surface area contributed by atoms with Gasteiger partial charge in [0.1, 0.15) is 11.6 Å². The molecule has 1 heterocycles. The molecule has 2 aliphatic rings. The zero-order valence-electron chi connectivity index (χ0n) is 28.0. The van der Waals surface area contributed by atoms with Gasteiger partial charge in [0.05, 0.1) is 11.4 Å². The third-order valence-corrected chi connectivity index (χ3v) is 11.1. The maximum absolute atomic E-state index is 13.3. The number of carbonyl (C=O) groups is 4. The van der Waals surface area contributed by atoms with Crippen LogP contribution in [0, 0.1) is 11.3 Å². The van der Waals surface area contributed by atoms with E-state index in [1.807, 2.05) is 20.8 Å². The second-order valence-corrected chi connectivity index (χ2v) is 15.9. The third kappa shape index (κ3) is 9.66. The maximum atomic E-state index is 13.3. The highest BCUT2D eigenvalue weighted by Crippen LogP contribution is 2.47. The summed E-state index contributed by atoms with van der Waals surface area (Å²) in [5.74, 6) is -2.08. The average molecular weight is 664 g/mol. The quantitative estimate of drug-likeness (QED) is 0.185. The minimum Gasteiger partial charge on any atom is -0.479 e. The summed E-state index contributed by atoms with van der Waals surface area (Å²) in [5, 5.41) is 18.1. The van der Waals surface area contributed by atoms with E-state index >= 15 is 0 Å². The van der Waals surface area contributed by atoms with Crippen molar-refractivity contribution >= 4 is 33.8 Å². The summed E-state index contributed by atoms with van der Waals surface area (Å²) in [6.07, 6.45) is 8.78. The number of urea groups is 1. The van der Waals surface area contributed by atoms with Crippen molar-refractivity contribution in [2.75, 3.05) is 26.7 Å². The van der Waals surface area contributed by atoms with E-state index in [0.29, 0.717) is 25.8 Å². The van der Waals surface area contributed by atoms with Crippen molar-refractivity contribution in [3.8, 4) is 0 Å². The van der Waals surface area contributed by atoms with Crippen LogP contribution in [0.4, 0.5) is 4.79 Å². The number of nitrogens with zero attached hydrogens (tertiary/aromatic N) is 2. The van der Waals surface area contributed by atoms with Crippen LogP contribution < -0.4 is 16.0 Å². The van der Waals surface area contributed by atoms with E-state index in [1.54, 1.807) is 18.2 Å². The first-order valence-corrected chi connectivity index (χ1v) is 18.0. The van der Waals surface area contributed by atoms with Gasteiger partial charge in [-0.3, -0.25) is 9.59 Å². The Kier molecular flexibility index (Phi) is 13.0. The summed E-state index contributed by atoms with van der Waals surface area (Å²) < 4.78 is 27.3. The van der Waals surface area contributed by atoms with Crippen LogP contribution in [0.2, 0.25) is 0 Å². The number of nitrogens with one attached hydrogen (secondary N) is 3. The number of likely N-dealkylation sites (N-methyl/N-ethyl adjacent to an activating group) is 1. The van der Waals surface area contributed by atoms with Crippen molar-refractivity contribution in [2.45, 2.75) is 114 Å². The predicted molar refractivity (Wildman–Crippen MR) is 175 cm³/mol. The highest BCUT2D eigenvalue weighted by atomic mass is 32.2. The van der Waals surface area contributed by atoms with Crippen molar-refractivity contribution < 1.29 is 32.7 Å². The van der Waals surface area contributed by atoms with Crippen LogP contribution in [0.15, 0.2) is 35.2 Å². The van der Waals surface area contributed by atoms with Crippen LogP contribution >= 0.6 is 0 Å². The molecule has 0 aromatic heterocycles. The Morgan fingerprint density at radius 1 is 1.07 bits per heavy atom. The number of carbonyl (C=O) groups excluding carboxylic acids is 3. The fraction of sp³-hybridized carbons (Fsp3) is 0.697. The fourth-order valence-corrected chi connectivity index (χ4v) is 7.30. The number of hydrogen-bond acceptors (Lipinski definition) is 6. The van der Waals surface area contributed by atoms with Gasteiger partial charge in [-0.05, 0) is 49.1 Å². The minimum atomic E-state index is -3.78. The summed E-state index contributed by atoms with van der Waals surface area (Å²) >= 11 is 0. The Morgan fingerprint density at radius 2 is 1.72 bits per heavy atom. The second kappa shape index (κ2) is 16.1. The van der Waals surface area contributed by atoms with E-state index < -0.39 is 56.9 Å². The molecule has 13 heteroatoms. The van der Waals surface area contributed by atoms with Crippen LogP contribution in [0.3, 0.4) is 0 Å². The van der Waals surface area contributed by atoms with Gasteiger partial charge in [-0.25, -0.2) is 18.0 Å². The SMILES string of the molecule is CCCCCCCCC1C[C@]1(NC(=O)[C@@H]1CCCN1C(=O)CNC(=O)NC(CN(C)S(=O)(=O)c1ccccc1)C(C)(C)C)C(=O)O. The van der Waals surface area contributed by atoms with E-state index in [9.17, 15) is 32.7 Å². The Morgan fingerprint density at radius 3 is 2.35 bits per heavy atom. The lowest BCUT2D eigenvalue weighted by molar-refractivity contribution is -0.145. The second-order valence-electron chi connectivity index (χ2n) is 13.8. The number of benzene rings is 1. The molecule has 1 saturated carbocycles. The number of hydrogen-bond donors (Lipinski definition) is 4. The summed E-state index contributed by atoms with van der Waals surface area (Å²) in [6, 6.07) is 6.00. The lowest BCUT2D eigenvalue weighted by Crippen LogP contribution is -2.56. The molecule has 258 valence electrons. The fourth-order valence-electron chi connectivity index (χ4n) is 6.09. The summed E-state index contributed by atoms with van der Waals surface area (Å²) in [4.78, 5) is 53.0. The van der Waals surface area contributed by atoms with Gasteiger partial charge in [-0.2, -0.15) is 4.31 Å². The first kappa shape index (κ1) is 37.3. The Balaban J connectivity index is 1.52. The van der Waals surface area contributed by atoms with E-state index in [-0.39, 0.29) is 23.9 Å². The molecule has 1 saturated heterocycles. The zero-order chi connectivity index (χ0) is 34.1. The third-order valence-electron chi connectivity index (χ3n) is 9.26. The number of aliphatic carboxylic acids is 1. The van der Waals surface area contributed by atoms with Gasteiger partial charge in [-0.15, -0.1) is 0 Å². The van der Waals surface area contributed by atoms with Gasteiger partial charge < -0.3 is 26.0 Å². The summed E-state index contributed by atoms with van der Waals surface area (Å²) in [6.45, 7) is 7.75. The molecule has 2 fully saturated rings. The van der Waals surface area contributed by atoms with Crippen molar-refractivity contribution in [2.24, 2.45) is 11.3 Å². The zero-order valence-corrected chi connectivity index (χ0v) is 28.8. The highest BCUT2D eigenvalue weighted by molar-refractivity contribution is 7.89. The van der Waals surface area contributed by atoms with Crippen LogP contribution in [0.1, 0.15) is 91.9 Å². The van der Waals surface area contributed by atoms with Crippen LogP contribution in [-0.2, 0) is 24.4 Å². The highest BCUT2D eigenvalue weighted by Gasteiger charge is 2.61. The number of amides is 4. The Bertz CT molecular complexity index is 1320. The molecule has 1 aromatic carbocycles. The standard InChI is InChI=1S/C33H53N5O7S/c1-6-7-8-9-10-12-16-24-21-33(24,30(41)42)36-29(40)26-19-15-20-38(26)28(39)22-34-31(43)35-27(32(2,3)4)23-37(5)46(44,45)25-17-13-11-14-18-25/h11,13-14,17-18,24,26-27H,6-10,12,15-16,19-23H2,1-5H3,(H,36,40)(H,41,42)(H2,34,35,43)/t24?,26-,27?,33+/m0/s1. The van der Waals surface area contributed by atoms with Gasteiger partial charge in [0.25, 0.3) is 0 Å². The van der Waals surface area contributed by atoms with Crippen molar-refractivity contribution in [3.05, 3.63) is 30.3 Å². The first-order chi connectivity index (χ1) is 21.6. The summed E-state index contributed by atoms with van der Waals surface area (Å²) in [5.41, 5.74) is -1.80. The first-order valence-electron chi connectivity index (χ1n) is 16.5. The van der Waals surface area contributed by atoms with Crippen molar-refractivity contribution in [3.63, 3.8) is 0 Å². The number of carboxylic acids is 1. The average Bonchev–Trinajstić information content (AvgIpc) is 3.47. The smallest absolute Gasteiger partial charge is 0.329 e. The molecule has 0 radical (unpaired) electrons. The Labute approximate surface area is 274 Å². The lowest BCUT2D eigenvalue weighted by atomic mass is 9.87. The molecular weight excluding hydrogens is 610 g/mol. The number of rotatable bonds is 17. The molecule has 2 unspecified atom stereocenters. The molecule has 4 amide bonds. The molecule has 4 atom stereocenters. The predicted octanol–water partition coefficient (Wildman–Crippen LogP) is 3.72. The van der Waals surface area contributed by atoms with Crippen molar-refractivity contribution in [1.82, 2.24) is 25.2 Å². The molecular formula is C33H53N5O7S. The molecule has 3 rings (SSSR count). The largest absolute Gasteiger partial charge is 0.479 e. The van der Waals surface area contributed by atoms with Gasteiger partial charge in [0.2, 0.25) is 21.8 Å². The van der Waals surface area contributed by atoms with E-state index in [0.717, 1.165) is 25.7 Å². The molecule has 0 bridgehead atoms. The van der Waals surface area contributed by atoms with Gasteiger partial charge in [0.15, 0.2) is 0 Å². The van der Waals surface area contributed by atoms with E-state index in [2.05, 4.69) is 22.9 Å². The molecule has 12 nitrogen and oxygen atoms in total. The molecule has 1 aliphatic heterocycles. The molecule has 1 aromatic rings. The van der Waals surface area contributed by atoms with Crippen molar-refractivity contribution in [1.29, 1.82) is 0 Å². The monoisotopic (exact) mass is 663 g/mol. The van der Waals surface area contributed by atoms with Gasteiger partial charge in [0, 0.05) is 26.2 Å². The molecule has 4 N–H and O–H groups in total. The van der Waals surface area contributed by atoms with E-state index in [1.165, 1.54) is 47.6 Å². The normalized spacial score (nSPS) is 21.9. The number of unbranched alkanes of at least 4 members (excludes halogenated alkanes) is 5. The number of carboxylic acid groups (broad SMARTS) is 1. The number of likely N-dealkylation sites (tertiary alicyclic amines) is 1. The molecule has 46 heavy (non-hydrogen) atoms. The van der Waals surface area contributed by atoms with Gasteiger partial charge >= 0.3 is 12.0 Å². The Hall–Kier alpha value is -3.19. The van der Waals surface area contributed by atoms with Crippen LogP contribution in [0.25, 0.3) is 0 Å². The maximum Gasteiger partial charge on any atom is 0.329 e. The number of sulfonamides is 1. The topological polar surface area (TPSA) is 165 Å². The van der Waals surface area contributed by atoms with Crippen LogP contribution in [-0.4, -0.2) is 90.8 Å². The summed E-state index contributed by atoms with van der Waals surface area (Å²) in [7, 11) is -2.33. The lowest BCUT2D eigenvalue weighted by Gasteiger charge is -2.34. The van der Waals surface area contributed by atoms with E-state index in [4.69, 9.17) is 0 Å². The molecule has 0 spiro atoms.